The first-order chi connectivity index (χ1) is 10.6. The molecule has 2 aromatic rings. The van der Waals surface area contributed by atoms with Gasteiger partial charge in [-0.25, -0.2) is 0 Å². The van der Waals surface area contributed by atoms with Crippen molar-refractivity contribution in [2.24, 2.45) is 0 Å². The summed E-state index contributed by atoms with van der Waals surface area (Å²) in [4.78, 5) is 4.57. The lowest BCUT2D eigenvalue weighted by Crippen LogP contribution is -2.16. The maximum Gasteiger partial charge on any atom is 0.0230 e. The van der Waals surface area contributed by atoms with Gasteiger partial charge >= 0.3 is 0 Å². The van der Waals surface area contributed by atoms with Crippen LogP contribution in [0.2, 0.25) is 0 Å². The number of hydrogen-bond acceptors (Lipinski definition) is 2. The summed E-state index contributed by atoms with van der Waals surface area (Å²) in [6.07, 6.45) is 1.08. The highest BCUT2D eigenvalue weighted by Gasteiger charge is 2.19. The Morgan fingerprint density at radius 2 is 1.55 bits per heavy atom. The van der Waals surface area contributed by atoms with Crippen molar-refractivity contribution in [2.45, 2.75) is 26.4 Å². The molecule has 0 heterocycles. The van der Waals surface area contributed by atoms with E-state index >= 15 is 0 Å². The van der Waals surface area contributed by atoms with E-state index in [-0.39, 0.29) is 0 Å². The first kappa shape index (κ1) is 15.3. The van der Waals surface area contributed by atoms with E-state index in [0.29, 0.717) is 0 Å². The average Bonchev–Trinajstić information content (AvgIpc) is 2.83. The molecule has 2 heteroatoms. The Morgan fingerprint density at radius 3 is 2.27 bits per heavy atom. The summed E-state index contributed by atoms with van der Waals surface area (Å²) in [7, 11) is 6.42. The van der Waals surface area contributed by atoms with E-state index in [1.54, 1.807) is 0 Å². The molecule has 1 aliphatic carbocycles. The Labute approximate surface area is 134 Å². The second kappa shape index (κ2) is 6.23. The minimum absolute atomic E-state index is 1.01. The molecule has 0 aromatic heterocycles. The molecule has 116 valence electrons. The largest absolute Gasteiger partial charge is 0.305 e. The molecule has 0 bridgehead atoms. The zero-order valence-corrected chi connectivity index (χ0v) is 14.2. The third-order valence-electron chi connectivity index (χ3n) is 4.51. The summed E-state index contributed by atoms with van der Waals surface area (Å²) in [5.74, 6) is 0. The molecule has 0 amide bonds. The van der Waals surface area contributed by atoms with Crippen molar-refractivity contribution >= 4 is 0 Å². The van der Waals surface area contributed by atoms with Gasteiger partial charge in [-0.15, -0.1) is 0 Å². The van der Waals surface area contributed by atoms with Gasteiger partial charge in [0.2, 0.25) is 0 Å². The van der Waals surface area contributed by atoms with E-state index in [1.807, 2.05) is 0 Å². The van der Waals surface area contributed by atoms with Crippen molar-refractivity contribution in [2.75, 3.05) is 27.7 Å². The highest BCUT2D eigenvalue weighted by molar-refractivity contribution is 5.77. The standard InChI is InChI=1S/C20H26N2/c1-5-22(4)14-16-6-8-17-12-18-10-15(13-21(2)3)7-9-19(18)20(17)11-16/h6-11H,5,12-14H2,1-4H3. The van der Waals surface area contributed by atoms with Crippen molar-refractivity contribution in [3.05, 3.63) is 58.7 Å². The van der Waals surface area contributed by atoms with Gasteiger partial charge in [0.15, 0.2) is 0 Å². The Balaban J connectivity index is 1.89. The van der Waals surface area contributed by atoms with E-state index in [4.69, 9.17) is 0 Å². The van der Waals surface area contributed by atoms with Gasteiger partial charge in [-0.05, 0) is 73.6 Å². The molecular weight excluding hydrogens is 268 g/mol. The molecule has 0 aliphatic heterocycles. The van der Waals surface area contributed by atoms with Crippen LogP contribution >= 0.6 is 0 Å². The lowest BCUT2D eigenvalue weighted by molar-refractivity contribution is 0.346. The van der Waals surface area contributed by atoms with Crippen molar-refractivity contribution in [3.63, 3.8) is 0 Å². The van der Waals surface area contributed by atoms with Crippen LogP contribution in [0.4, 0.5) is 0 Å². The van der Waals surface area contributed by atoms with Crippen LogP contribution in [0.25, 0.3) is 11.1 Å². The molecule has 1 aliphatic rings. The Hall–Kier alpha value is -1.64. The van der Waals surface area contributed by atoms with Crippen molar-refractivity contribution in [1.82, 2.24) is 9.80 Å². The van der Waals surface area contributed by atoms with Gasteiger partial charge in [0, 0.05) is 13.1 Å². The zero-order valence-electron chi connectivity index (χ0n) is 14.2. The number of fused-ring (bicyclic) bond motifs is 3. The molecule has 0 radical (unpaired) electrons. The maximum atomic E-state index is 2.39. The number of hydrogen-bond donors (Lipinski definition) is 0. The Morgan fingerprint density at radius 1 is 0.818 bits per heavy atom. The highest BCUT2D eigenvalue weighted by atomic mass is 15.1. The van der Waals surface area contributed by atoms with Crippen LogP contribution in [0.1, 0.15) is 29.2 Å². The fraction of sp³-hybridized carbons (Fsp3) is 0.400. The van der Waals surface area contributed by atoms with Crippen LogP contribution in [-0.4, -0.2) is 37.5 Å². The summed E-state index contributed by atoms with van der Waals surface area (Å²) in [5.41, 5.74) is 8.64. The molecule has 22 heavy (non-hydrogen) atoms. The number of rotatable bonds is 5. The lowest BCUT2D eigenvalue weighted by atomic mass is 10.0. The van der Waals surface area contributed by atoms with Crippen LogP contribution in [0.15, 0.2) is 36.4 Å². The maximum absolute atomic E-state index is 2.39. The number of nitrogens with zero attached hydrogens (tertiary/aromatic N) is 2. The third-order valence-corrected chi connectivity index (χ3v) is 4.51. The molecular formula is C20H26N2. The summed E-state index contributed by atoms with van der Waals surface area (Å²) in [5, 5.41) is 0. The minimum atomic E-state index is 1.01. The smallest absolute Gasteiger partial charge is 0.0230 e. The molecule has 2 nitrogen and oxygen atoms in total. The van der Waals surface area contributed by atoms with Crippen molar-refractivity contribution in [1.29, 1.82) is 0 Å². The van der Waals surface area contributed by atoms with Crippen molar-refractivity contribution < 1.29 is 0 Å². The highest BCUT2D eigenvalue weighted by Crippen LogP contribution is 2.37. The quantitative estimate of drug-likeness (QED) is 0.707. The molecule has 0 unspecified atom stereocenters. The van der Waals surface area contributed by atoms with Crippen LogP contribution in [-0.2, 0) is 19.5 Å². The first-order valence-corrected chi connectivity index (χ1v) is 8.14. The van der Waals surface area contributed by atoms with Gasteiger partial charge in [0.1, 0.15) is 0 Å². The van der Waals surface area contributed by atoms with Crippen LogP contribution < -0.4 is 0 Å². The van der Waals surface area contributed by atoms with Crippen molar-refractivity contribution in [3.8, 4) is 11.1 Å². The summed E-state index contributed by atoms with van der Waals surface area (Å²) >= 11 is 0. The van der Waals surface area contributed by atoms with E-state index in [1.165, 1.54) is 33.4 Å². The normalized spacial score (nSPS) is 12.8. The van der Waals surface area contributed by atoms with E-state index in [9.17, 15) is 0 Å². The second-order valence-electron chi connectivity index (χ2n) is 6.73. The Kier molecular flexibility index (Phi) is 4.32. The topological polar surface area (TPSA) is 6.48 Å². The molecule has 0 spiro atoms. The zero-order chi connectivity index (χ0) is 15.7. The van der Waals surface area contributed by atoms with E-state index < -0.39 is 0 Å². The van der Waals surface area contributed by atoms with Gasteiger partial charge in [0.25, 0.3) is 0 Å². The van der Waals surface area contributed by atoms with Crippen LogP contribution in [0, 0.1) is 0 Å². The van der Waals surface area contributed by atoms with Gasteiger partial charge in [-0.2, -0.15) is 0 Å². The fourth-order valence-electron chi connectivity index (χ4n) is 3.28. The van der Waals surface area contributed by atoms with Gasteiger partial charge in [-0.3, -0.25) is 0 Å². The van der Waals surface area contributed by atoms with Gasteiger partial charge < -0.3 is 9.80 Å². The first-order valence-electron chi connectivity index (χ1n) is 8.14. The van der Waals surface area contributed by atoms with E-state index in [2.05, 4.69) is 74.3 Å². The molecule has 2 aromatic carbocycles. The number of benzene rings is 2. The minimum Gasteiger partial charge on any atom is -0.305 e. The fourth-order valence-corrected chi connectivity index (χ4v) is 3.28. The Bertz CT molecular complexity index is 673. The van der Waals surface area contributed by atoms with Gasteiger partial charge in [0.05, 0.1) is 0 Å². The molecule has 3 rings (SSSR count). The summed E-state index contributed by atoms with van der Waals surface area (Å²) in [6, 6.07) is 14.0. The third kappa shape index (κ3) is 3.08. The summed E-state index contributed by atoms with van der Waals surface area (Å²) in [6.45, 7) is 5.32. The molecule has 0 N–H and O–H groups in total. The monoisotopic (exact) mass is 294 g/mol. The average molecular weight is 294 g/mol. The van der Waals surface area contributed by atoms with Gasteiger partial charge in [-0.1, -0.05) is 37.3 Å². The summed E-state index contributed by atoms with van der Waals surface area (Å²) < 4.78 is 0. The molecule has 0 fully saturated rings. The van der Waals surface area contributed by atoms with Crippen LogP contribution in [0.3, 0.4) is 0 Å². The molecule has 0 saturated heterocycles. The predicted molar refractivity (Wildman–Crippen MR) is 94.1 cm³/mol. The SMILES string of the molecule is CCN(C)Cc1ccc2c(c1)-c1ccc(CN(C)C)cc1C2. The van der Waals surface area contributed by atoms with E-state index in [0.717, 1.165) is 26.1 Å². The molecule has 0 atom stereocenters. The van der Waals surface area contributed by atoms with Crippen LogP contribution in [0.5, 0.6) is 0 Å². The molecule has 0 saturated carbocycles. The second-order valence-corrected chi connectivity index (χ2v) is 6.73. The predicted octanol–water partition coefficient (Wildman–Crippen LogP) is 3.77. The lowest BCUT2D eigenvalue weighted by Gasteiger charge is -2.14.